The minimum atomic E-state index is 0. The topological polar surface area (TPSA) is 65.4 Å². The van der Waals surface area contributed by atoms with Crippen LogP contribution >= 0.6 is 46.9 Å². The van der Waals surface area contributed by atoms with Crippen molar-refractivity contribution < 1.29 is 0 Å². The van der Waals surface area contributed by atoms with Gasteiger partial charge in [-0.3, -0.25) is 4.99 Å². The molecular formula is C17H24ClIN6S. The van der Waals surface area contributed by atoms with Crippen LogP contribution in [0, 0.1) is 6.92 Å². The van der Waals surface area contributed by atoms with Gasteiger partial charge in [-0.25, -0.2) is 9.97 Å². The molecule has 1 aliphatic heterocycles. The fourth-order valence-electron chi connectivity index (χ4n) is 2.90. The molecule has 1 fully saturated rings. The summed E-state index contributed by atoms with van der Waals surface area (Å²) in [6.07, 6.45) is 3.70. The van der Waals surface area contributed by atoms with Gasteiger partial charge in [0, 0.05) is 50.7 Å². The lowest BCUT2D eigenvalue weighted by molar-refractivity contribution is 0.647. The zero-order valence-electron chi connectivity index (χ0n) is 14.9. The first kappa shape index (κ1) is 21.2. The van der Waals surface area contributed by atoms with Crippen LogP contribution in [0.15, 0.2) is 28.7 Å². The van der Waals surface area contributed by atoms with Gasteiger partial charge in [-0.05, 0) is 25.5 Å². The van der Waals surface area contributed by atoms with Crippen molar-refractivity contribution in [3.8, 4) is 0 Å². The van der Waals surface area contributed by atoms with Gasteiger partial charge < -0.3 is 15.5 Å². The molecule has 0 radical (unpaired) electrons. The van der Waals surface area contributed by atoms with E-state index in [4.69, 9.17) is 11.6 Å². The number of guanidine groups is 1. The minimum Gasteiger partial charge on any atom is -0.356 e. The first-order valence-corrected chi connectivity index (χ1v) is 9.65. The zero-order valence-corrected chi connectivity index (χ0v) is 18.8. The van der Waals surface area contributed by atoms with Crippen molar-refractivity contribution >= 4 is 58.7 Å². The molecule has 6 nitrogen and oxygen atoms in total. The van der Waals surface area contributed by atoms with Crippen LogP contribution in [0.4, 0.5) is 5.82 Å². The molecule has 0 bridgehead atoms. The van der Waals surface area contributed by atoms with Crippen molar-refractivity contribution in [1.82, 2.24) is 20.6 Å². The van der Waals surface area contributed by atoms with Crippen LogP contribution in [0.25, 0.3) is 0 Å². The summed E-state index contributed by atoms with van der Waals surface area (Å²) in [7, 11) is 1.80. The van der Waals surface area contributed by atoms with E-state index in [0.717, 1.165) is 55.0 Å². The largest absolute Gasteiger partial charge is 0.356 e. The van der Waals surface area contributed by atoms with Crippen LogP contribution in [0.3, 0.4) is 0 Å². The number of halogens is 2. The number of nitrogens with one attached hydrogen (secondary N) is 2. The summed E-state index contributed by atoms with van der Waals surface area (Å²) in [5, 5.41) is 10.8. The summed E-state index contributed by atoms with van der Waals surface area (Å²) in [5.74, 6) is 1.68. The van der Waals surface area contributed by atoms with E-state index in [0.29, 0.717) is 11.1 Å². The predicted molar refractivity (Wildman–Crippen MR) is 120 cm³/mol. The summed E-state index contributed by atoms with van der Waals surface area (Å²) in [5.41, 5.74) is 1.13. The average Bonchev–Trinajstić information content (AvgIpc) is 3.23. The van der Waals surface area contributed by atoms with E-state index in [1.807, 2.05) is 19.1 Å². The molecule has 2 N–H and O–H groups in total. The maximum absolute atomic E-state index is 6.25. The summed E-state index contributed by atoms with van der Waals surface area (Å²) < 4.78 is 0. The molecule has 3 rings (SSSR count). The maximum atomic E-state index is 6.25. The lowest BCUT2D eigenvalue weighted by Gasteiger charge is -2.20. The van der Waals surface area contributed by atoms with Crippen LogP contribution in [0.1, 0.15) is 17.1 Å². The van der Waals surface area contributed by atoms with E-state index in [1.165, 1.54) is 0 Å². The fraction of sp³-hybridized carbons (Fsp3) is 0.471. The minimum absolute atomic E-state index is 0. The van der Waals surface area contributed by atoms with Crippen LogP contribution in [0.2, 0.25) is 5.02 Å². The Morgan fingerprint density at radius 1 is 1.50 bits per heavy atom. The van der Waals surface area contributed by atoms with Gasteiger partial charge in [-0.2, -0.15) is 0 Å². The molecule has 0 saturated carbocycles. The molecule has 2 aromatic rings. The SMILES string of the molecule is CN=C(NCCc1csc(C)n1)NC1CCN(c2ncccc2Cl)C1.I. The van der Waals surface area contributed by atoms with Crippen LogP contribution < -0.4 is 15.5 Å². The molecule has 3 heterocycles. The number of hydrogen-bond acceptors (Lipinski definition) is 5. The van der Waals surface area contributed by atoms with Gasteiger partial charge in [0.15, 0.2) is 5.96 Å². The van der Waals surface area contributed by atoms with Gasteiger partial charge in [0.05, 0.1) is 15.7 Å². The van der Waals surface area contributed by atoms with Gasteiger partial charge in [-0.1, -0.05) is 11.6 Å². The third-order valence-corrected chi connectivity index (χ3v) is 5.25. The molecule has 142 valence electrons. The number of hydrogen-bond donors (Lipinski definition) is 2. The summed E-state index contributed by atoms with van der Waals surface area (Å²) in [6, 6.07) is 4.06. The van der Waals surface area contributed by atoms with Crippen LogP contribution in [0.5, 0.6) is 0 Å². The molecule has 0 aromatic carbocycles. The van der Waals surface area contributed by atoms with E-state index >= 15 is 0 Å². The standard InChI is InChI=1S/C17H23ClN6S.HI/c1-12-22-14(11-25-12)5-8-21-17(19-2)23-13-6-9-24(10-13)16-15(18)4-3-7-20-16;/h3-4,7,11,13H,5-6,8-10H2,1-2H3,(H2,19,21,23);1H. The summed E-state index contributed by atoms with van der Waals surface area (Å²) in [4.78, 5) is 15.4. The van der Waals surface area contributed by atoms with Gasteiger partial charge in [0.1, 0.15) is 5.82 Å². The quantitative estimate of drug-likeness (QED) is 0.371. The molecule has 1 saturated heterocycles. The molecule has 2 aromatic heterocycles. The van der Waals surface area contributed by atoms with Crippen molar-refractivity contribution in [1.29, 1.82) is 0 Å². The van der Waals surface area contributed by atoms with E-state index in [2.05, 4.69) is 35.9 Å². The zero-order chi connectivity index (χ0) is 17.6. The number of rotatable bonds is 5. The normalized spacial score (nSPS) is 17.1. The number of aliphatic imine (C=N–C) groups is 1. The highest BCUT2D eigenvalue weighted by atomic mass is 127. The number of thiazole rings is 1. The first-order valence-electron chi connectivity index (χ1n) is 8.39. The Morgan fingerprint density at radius 2 is 2.35 bits per heavy atom. The van der Waals surface area contributed by atoms with Crippen molar-refractivity contribution in [3.63, 3.8) is 0 Å². The highest BCUT2D eigenvalue weighted by Gasteiger charge is 2.25. The Morgan fingerprint density at radius 3 is 3.04 bits per heavy atom. The van der Waals surface area contributed by atoms with E-state index < -0.39 is 0 Å². The molecule has 1 unspecified atom stereocenters. The lowest BCUT2D eigenvalue weighted by Crippen LogP contribution is -2.45. The number of anilines is 1. The van der Waals surface area contributed by atoms with Crippen molar-refractivity contribution in [2.75, 3.05) is 31.6 Å². The van der Waals surface area contributed by atoms with Crippen molar-refractivity contribution in [2.45, 2.75) is 25.8 Å². The first-order chi connectivity index (χ1) is 12.2. The molecular weight excluding hydrogens is 483 g/mol. The highest BCUT2D eigenvalue weighted by molar-refractivity contribution is 14.0. The van der Waals surface area contributed by atoms with Gasteiger partial charge in [-0.15, -0.1) is 35.3 Å². The smallest absolute Gasteiger partial charge is 0.191 e. The van der Waals surface area contributed by atoms with Crippen molar-refractivity contribution in [2.24, 2.45) is 4.99 Å². The second-order valence-electron chi connectivity index (χ2n) is 5.99. The fourth-order valence-corrected chi connectivity index (χ4v) is 3.79. The Hall–Kier alpha value is -1.13. The lowest BCUT2D eigenvalue weighted by atomic mass is 10.3. The molecule has 1 atom stereocenters. The monoisotopic (exact) mass is 506 g/mol. The van der Waals surface area contributed by atoms with Crippen molar-refractivity contribution in [3.05, 3.63) is 39.4 Å². The Bertz CT molecular complexity index is 738. The summed E-state index contributed by atoms with van der Waals surface area (Å²) in [6.45, 7) is 4.64. The highest BCUT2D eigenvalue weighted by Crippen LogP contribution is 2.25. The number of aryl methyl sites for hydroxylation is 1. The number of pyridine rings is 1. The molecule has 9 heteroatoms. The second kappa shape index (κ2) is 10.3. The molecule has 0 spiro atoms. The average molecular weight is 507 g/mol. The molecule has 26 heavy (non-hydrogen) atoms. The Labute approximate surface area is 180 Å². The predicted octanol–water partition coefficient (Wildman–Crippen LogP) is 3.10. The second-order valence-corrected chi connectivity index (χ2v) is 7.46. The van der Waals surface area contributed by atoms with E-state index in [9.17, 15) is 0 Å². The van der Waals surface area contributed by atoms with Gasteiger partial charge in [0.2, 0.25) is 0 Å². The van der Waals surface area contributed by atoms with Gasteiger partial charge in [0.25, 0.3) is 0 Å². The molecule has 1 aliphatic rings. The van der Waals surface area contributed by atoms with Crippen LogP contribution in [-0.2, 0) is 6.42 Å². The Balaban J connectivity index is 0.00000243. The number of aromatic nitrogens is 2. The molecule has 0 amide bonds. The Kier molecular flexibility index (Phi) is 8.36. The number of nitrogens with zero attached hydrogens (tertiary/aromatic N) is 4. The van der Waals surface area contributed by atoms with Gasteiger partial charge >= 0.3 is 0 Å². The maximum Gasteiger partial charge on any atom is 0.191 e. The third-order valence-electron chi connectivity index (χ3n) is 4.13. The summed E-state index contributed by atoms with van der Waals surface area (Å²) >= 11 is 7.94. The van der Waals surface area contributed by atoms with E-state index in [1.54, 1.807) is 24.6 Å². The molecule has 0 aliphatic carbocycles. The third kappa shape index (κ3) is 5.68. The van der Waals surface area contributed by atoms with Crippen LogP contribution in [-0.4, -0.2) is 48.7 Å². The van der Waals surface area contributed by atoms with E-state index in [-0.39, 0.29) is 24.0 Å².